The third kappa shape index (κ3) is 4.19. The van der Waals surface area contributed by atoms with E-state index in [4.69, 9.17) is 15.2 Å². The lowest BCUT2D eigenvalue weighted by molar-refractivity contribution is -0.138. The Bertz CT molecular complexity index is 461. The molecule has 1 saturated heterocycles. The number of piperidine rings is 1. The molecule has 21 heavy (non-hydrogen) atoms. The summed E-state index contributed by atoms with van der Waals surface area (Å²) < 4.78 is 11.0. The minimum Gasteiger partial charge on any atom is -0.484 e. The highest BCUT2D eigenvalue weighted by Crippen LogP contribution is 2.19. The maximum atomic E-state index is 12.2. The van der Waals surface area contributed by atoms with Crippen LogP contribution in [0.25, 0.3) is 0 Å². The lowest BCUT2D eigenvalue weighted by Gasteiger charge is -2.36. The predicted octanol–water partition coefficient (Wildman–Crippen LogP) is 1.41. The van der Waals surface area contributed by atoms with E-state index in [-0.39, 0.29) is 18.6 Å². The molecule has 1 amide bonds. The van der Waals surface area contributed by atoms with Gasteiger partial charge < -0.3 is 20.1 Å². The van der Waals surface area contributed by atoms with Gasteiger partial charge in [0.2, 0.25) is 0 Å². The molecule has 1 heterocycles. The van der Waals surface area contributed by atoms with Gasteiger partial charge in [-0.3, -0.25) is 4.79 Å². The number of carbonyl (C=O) groups excluding carboxylic acids is 1. The standard InChI is InChI=1S/C16H24N2O3/c1-12-7-8-18(10-15(12)20-2)16(19)11-21-14-5-3-13(9-17)4-6-14/h3-6,12,15H,7-11,17H2,1-2H3. The number of likely N-dealkylation sites (tertiary alicyclic amines) is 1. The van der Waals surface area contributed by atoms with Crippen LogP contribution in [0.1, 0.15) is 18.9 Å². The van der Waals surface area contributed by atoms with Crippen molar-refractivity contribution in [3.63, 3.8) is 0 Å². The first-order valence-electron chi connectivity index (χ1n) is 7.36. The fourth-order valence-corrected chi connectivity index (χ4v) is 2.53. The van der Waals surface area contributed by atoms with Crippen LogP contribution in [0.3, 0.4) is 0 Å². The topological polar surface area (TPSA) is 64.8 Å². The number of hydrogen-bond donors (Lipinski definition) is 1. The molecule has 1 aromatic carbocycles. The van der Waals surface area contributed by atoms with Gasteiger partial charge in [0.15, 0.2) is 6.61 Å². The van der Waals surface area contributed by atoms with Crippen LogP contribution < -0.4 is 10.5 Å². The number of ether oxygens (including phenoxy) is 2. The van der Waals surface area contributed by atoms with Gasteiger partial charge in [0.1, 0.15) is 5.75 Å². The van der Waals surface area contributed by atoms with Crippen LogP contribution >= 0.6 is 0 Å². The Kier molecular flexibility index (Phi) is 5.59. The fraction of sp³-hybridized carbons (Fsp3) is 0.562. The Morgan fingerprint density at radius 2 is 2.10 bits per heavy atom. The number of methoxy groups -OCH3 is 1. The largest absolute Gasteiger partial charge is 0.484 e. The molecule has 0 saturated carbocycles. The molecule has 0 spiro atoms. The van der Waals surface area contributed by atoms with Gasteiger partial charge in [-0.2, -0.15) is 0 Å². The lowest BCUT2D eigenvalue weighted by atomic mass is 9.96. The van der Waals surface area contributed by atoms with Crippen LogP contribution in [0, 0.1) is 5.92 Å². The highest BCUT2D eigenvalue weighted by Gasteiger charge is 2.28. The number of hydrogen-bond acceptors (Lipinski definition) is 4. The van der Waals surface area contributed by atoms with Crippen LogP contribution in [0.15, 0.2) is 24.3 Å². The smallest absolute Gasteiger partial charge is 0.260 e. The van der Waals surface area contributed by atoms with E-state index in [2.05, 4.69) is 6.92 Å². The van der Waals surface area contributed by atoms with E-state index < -0.39 is 0 Å². The van der Waals surface area contributed by atoms with E-state index in [1.807, 2.05) is 29.2 Å². The maximum absolute atomic E-state index is 12.2. The van der Waals surface area contributed by atoms with Crippen molar-refractivity contribution < 1.29 is 14.3 Å². The summed E-state index contributed by atoms with van der Waals surface area (Å²) in [5.41, 5.74) is 6.59. The third-order valence-corrected chi connectivity index (χ3v) is 4.07. The van der Waals surface area contributed by atoms with E-state index >= 15 is 0 Å². The molecule has 2 atom stereocenters. The van der Waals surface area contributed by atoms with Crippen molar-refractivity contribution in [2.24, 2.45) is 11.7 Å². The fourth-order valence-electron chi connectivity index (χ4n) is 2.53. The zero-order valence-electron chi connectivity index (χ0n) is 12.7. The van der Waals surface area contributed by atoms with Gasteiger partial charge in [0.05, 0.1) is 6.10 Å². The van der Waals surface area contributed by atoms with E-state index in [0.717, 1.165) is 18.5 Å². The third-order valence-electron chi connectivity index (χ3n) is 4.07. The van der Waals surface area contributed by atoms with E-state index in [1.54, 1.807) is 7.11 Å². The van der Waals surface area contributed by atoms with E-state index in [1.165, 1.54) is 0 Å². The number of carbonyl (C=O) groups is 1. The summed E-state index contributed by atoms with van der Waals surface area (Å²) in [4.78, 5) is 14.0. The molecule has 0 aliphatic carbocycles. The molecule has 0 aromatic heterocycles. The second-order valence-corrected chi connectivity index (χ2v) is 5.52. The molecular formula is C16H24N2O3. The van der Waals surface area contributed by atoms with Gasteiger partial charge in [-0.15, -0.1) is 0 Å². The number of amides is 1. The van der Waals surface area contributed by atoms with Crippen molar-refractivity contribution in [1.82, 2.24) is 4.90 Å². The van der Waals surface area contributed by atoms with Gasteiger partial charge >= 0.3 is 0 Å². The normalized spacial score (nSPS) is 22.1. The number of nitrogens with zero attached hydrogens (tertiary/aromatic N) is 1. The van der Waals surface area contributed by atoms with Crippen LogP contribution in [0.4, 0.5) is 0 Å². The first-order valence-corrected chi connectivity index (χ1v) is 7.36. The second kappa shape index (κ2) is 7.43. The molecule has 0 radical (unpaired) electrons. The van der Waals surface area contributed by atoms with Crippen molar-refractivity contribution in [2.75, 3.05) is 26.8 Å². The SMILES string of the molecule is COC1CN(C(=O)COc2ccc(CN)cc2)CCC1C. The molecular weight excluding hydrogens is 268 g/mol. The van der Waals surface area contributed by atoms with Gasteiger partial charge in [0, 0.05) is 26.7 Å². The molecule has 116 valence electrons. The number of rotatable bonds is 5. The zero-order chi connectivity index (χ0) is 15.2. The van der Waals surface area contributed by atoms with Gasteiger partial charge in [-0.05, 0) is 30.0 Å². The van der Waals surface area contributed by atoms with Gasteiger partial charge in [-0.25, -0.2) is 0 Å². The Balaban J connectivity index is 1.83. The highest BCUT2D eigenvalue weighted by molar-refractivity contribution is 5.77. The minimum absolute atomic E-state index is 0.00634. The van der Waals surface area contributed by atoms with Crippen LogP contribution in [-0.2, 0) is 16.1 Å². The summed E-state index contributed by atoms with van der Waals surface area (Å²) in [6, 6.07) is 7.49. The zero-order valence-corrected chi connectivity index (χ0v) is 12.7. The summed E-state index contributed by atoms with van der Waals surface area (Å²) in [6.45, 7) is 4.14. The average Bonchev–Trinajstić information content (AvgIpc) is 2.53. The van der Waals surface area contributed by atoms with Crippen LogP contribution in [0.2, 0.25) is 0 Å². The predicted molar refractivity (Wildman–Crippen MR) is 81.0 cm³/mol. The quantitative estimate of drug-likeness (QED) is 0.891. The number of nitrogens with two attached hydrogens (primary N) is 1. The summed E-state index contributed by atoms with van der Waals surface area (Å²) >= 11 is 0. The van der Waals surface area contributed by atoms with Crippen LogP contribution in [-0.4, -0.2) is 43.7 Å². The van der Waals surface area contributed by atoms with Gasteiger partial charge in [-0.1, -0.05) is 19.1 Å². The minimum atomic E-state index is 0.00634. The molecule has 1 aliphatic heterocycles. The van der Waals surface area contributed by atoms with Crippen molar-refractivity contribution in [3.05, 3.63) is 29.8 Å². The molecule has 1 aromatic rings. The van der Waals surface area contributed by atoms with Crippen molar-refractivity contribution in [2.45, 2.75) is 26.0 Å². The number of benzene rings is 1. The van der Waals surface area contributed by atoms with Crippen molar-refractivity contribution in [1.29, 1.82) is 0 Å². The van der Waals surface area contributed by atoms with E-state index in [9.17, 15) is 4.79 Å². The Labute approximate surface area is 126 Å². The molecule has 5 heteroatoms. The highest BCUT2D eigenvalue weighted by atomic mass is 16.5. The Hall–Kier alpha value is -1.59. The molecule has 5 nitrogen and oxygen atoms in total. The Morgan fingerprint density at radius 3 is 2.71 bits per heavy atom. The summed E-state index contributed by atoms with van der Waals surface area (Å²) in [5.74, 6) is 1.19. The monoisotopic (exact) mass is 292 g/mol. The van der Waals surface area contributed by atoms with Crippen LogP contribution in [0.5, 0.6) is 5.75 Å². The molecule has 0 bridgehead atoms. The van der Waals surface area contributed by atoms with Crippen molar-refractivity contribution in [3.8, 4) is 5.75 Å². The Morgan fingerprint density at radius 1 is 1.38 bits per heavy atom. The summed E-state index contributed by atoms with van der Waals surface area (Å²) in [6.07, 6.45) is 1.08. The maximum Gasteiger partial charge on any atom is 0.260 e. The summed E-state index contributed by atoms with van der Waals surface area (Å²) in [7, 11) is 1.70. The molecule has 2 unspecified atom stereocenters. The first-order chi connectivity index (χ1) is 10.1. The molecule has 2 N–H and O–H groups in total. The lowest BCUT2D eigenvalue weighted by Crippen LogP contribution is -2.48. The second-order valence-electron chi connectivity index (χ2n) is 5.52. The first kappa shape index (κ1) is 15.8. The van der Waals surface area contributed by atoms with E-state index in [0.29, 0.717) is 24.8 Å². The molecule has 2 rings (SSSR count). The van der Waals surface area contributed by atoms with Crippen molar-refractivity contribution >= 4 is 5.91 Å². The van der Waals surface area contributed by atoms with Gasteiger partial charge in [0.25, 0.3) is 5.91 Å². The average molecular weight is 292 g/mol. The summed E-state index contributed by atoms with van der Waals surface area (Å²) in [5, 5.41) is 0. The molecule has 1 fully saturated rings. The molecule has 1 aliphatic rings.